The van der Waals surface area contributed by atoms with Crippen molar-refractivity contribution in [2.45, 2.75) is 77.8 Å². The van der Waals surface area contributed by atoms with Crippen molar-refractivity contribution in [3.8, 4) is 0 Å². The van der Waals surface area contributed by atoms with Crippen molar-refractivity contribution in [2.75, 3.05) is 6.61 Å². The van der Waals surface area contributed by atoms with Gasteiger partial charge in [0.1, 0.15) is 0 Å². The minimum atomic E-state index is -1.78. The van der Waals surface area contributed by atoms with Crippen molar-refractivity contribution >= 4 is 16.6 Å². The Morgan fingerprint density at radius 1 is 0.905 bits per heavy atom. The minimum absolute atomic E-state index is 0.196. The third kappa shape index (κ3) is 6.53. The molecule has 0 aromatic carbocycles. The van der Waals surface area contributed by atoms with Crippen LogP contribution >= 0.6 is 0 Å². The molecule has 0 fully saturated rings. The topological polar surface area (TPSA) is 18.5 Å². The van der Waals surface area contributed by atoms with Gasteiger partial charge in [0.25, 0.3) is 0 Å². The molecular weight excluding hydrogens is 292 g/mol. The van der Waals surface area contributed by atoms with Crippen LogP contribution < -0.4 is 0 Å². The Kier molecular flexibility index (Phi) is 6.73. The Morgan fingerprint density at radius 2 is 1.33 bits per heavy atom. The van der Waals surface area contributed by atoms with E-state index in [9.17, 15) is 0 Å². The summed E-state index contributed by atoms with van der Waals surface area (Å²) < 4.78 is 12.2. The predicted octanol–water partition coefficient (Wildman–Crippen LogP) is 6.10. The minimum Gasteiger partial charge on any atom is -0.544 e. The molecular formula is C17H36O2Si2. The van der Waals surface area contributed by atoms with Crippen molar-refractivity contribution in [2.24, 2.45) is 0 Å². The summed E-state index contributed by atoms with van der Waals surface area (Å²) in [5.74, 6) is 0.750. The number of hydrogen-bond acceptors (Lipinski definition) is 2. The quantitative estimate of drug-likeness (QED) is 0.333. The van der Waals surface area contributed by atoms with Gasteiger partial charge in [0.15, 0.2) is 8.32 Å². The van der Waals surface area contributed by atoms with E-state index < -0.39 is 16.6 Å². The molecule has 0 radical (unpaired) electrons. The van der Waals surface area contributed by atoms with Gasteiger partial charge in [-0.3, -0.25) is 0 Å². The van der Waals surface area contributed by atoms with E-state index in [2.05, 4.69) is 74.3 Å². The van der Waals surface area contributed by atoms with E-state index in [1.165, 1.54) is 0 Å². The van der Waals surface area contributed by atoms with Gasteiger partial charge < -0.3 is 8.85 Å². The molecule has 0 atom stereocenters. The van der Waals surface area contributed by atoms with E-state index >= 15 is 0 Å². The zero-order valence-electron chi connectivity index (χ0n) is 15.9. The van der Waals surface area contributed by atoms with Crippen LogP contribution in [-0.4, -0.2) is 23.2 Å². The average molecular weight is 329 g/mol. The van der Waals surface area contributed by atoms with Gasteiger partial charge in [0.2, 0.25) is 8.32 Å². The third-order valence-electron chi connectivity index (χ3n) is 4.84. The van der Waals surface area contributed by atoms with E-state index in [-0.39, 0.29) is 10.1 Å². The molecule has 0 unspecified atom stereocenters. The molecule has 0 aliphatic rings. The standard InChI is InChI=1S/C17H36O2Si2/c1-15(19-21(10,11)17(5,6)7)13-12-14-18-20(8,9)16(2,3)4/h12-13H,1,14H2,2-11H3. The Labute approximate surface area is 134 Å². The summed E-state index contributed by atoms with van der Waals surface area (Å²) in [6, 6.07) is 0. The highest BCUT2D eigenvalue weighted by atomic mass is 28.4. The zero-order valence-corrected chi connectivity index (χ0v) is 17.9. The van der Waals surface area contributed by atoms with Gasteiger partial charge in [0, 0.05) is 0 Å². The van der Waals surface area contributed by atoms with Crippen LogP contribution in [0, 0.1) is 0 Å². The highest BCUT2D eigenvalue weighted by Gasteiger charge is 2.39. The summed E-state index contributed by atoms with van der Waals surface area (Å²) in [4.78, 5) is 0. The SMILES string of the molecule is C=C(C=CCO[Si](C)(C)C(C)(C)C)O[Si](C)(C)C(C)(C)C. The van der Waals surface area contributed by atoms with Crippen LogP contribution in [0.25, 0.3) is 0 Å². The fraction of sp³-hybridized carbons (Fsp3) is 0.765. The highest BCUT2D eigenvalue weighted by molar-refractivity contribution is 6.74. The molecule has 0 aliphatic carbocycles. The largest absolute Gasteiger partial charge is 0.544 e. The first kappa shape index (κ1) is 20.7. The van der Waals surface area contributed by atoms with Gasteiger partial charge in [-0.15, -0.1) is 0 Å². The second-order valence-corrected chi connectivity index (χ2v) is 18.3. The summed E-state index contributed by atoms with van der Waals surface area (Å²) in [5.41, 5.74) is 0. The monoisotopic (exact) mass is 328 g/mol. The van der Waals surface area contributed by atoms with Crippen LogP contribution in [0.4, 0.5) is 0 Å². The molecule has 0 aromatic rings. The van der Waals surface area contributed by atoms with Gasteiger partial charge in [-0.25, -0.2) is 0 Å². The van der Waals surface area contributed by atoms with E-state index in [0.29, 0.717) is 6.61 Å². The van der Waals surface area contributed by atoms with Crippen LogP contribution in [0.15, 0.2) is 24.5 Å². The van der Waals surface area contributed by atoms with E-state index in [0.717, 1.165) is 5.76 Å². The van der Waals surface area contributed by atoms with E-state index in [1.54, 1.807) is 0 Å². The molecule has 0 rings (SSSR count). The Hall–Kier alpha value is -0.326. The lowest BCUT2D eigenvalue weighted by molar-refractivity contribution is 0.327. The molecule has 4 heteroatoms. The van der Waals surface area contributed by atoms with Crippen LogP contribution in [0.3, 0.4) is 0 Å². The zero-order chi connectivity index (χ0) is 17.1. The summed E-state index contributed by atoms with van der Waals surface area (Å²) in [6.07, 6.45) is 3.98. The molecule has 21 heavy (non-hydrogen) atoms. The fourth-order valence-corrected chi connectivity index (χ4v) is 3.14. The van der Waals surface area contributed by atoms with E-state index in [4.69, 9.17) is 8.85 Å². The molecule has 0 saturated carbocycles. The first-order valence-electron chi connectivity index (χ1n) is 7.78. The summed E-state index contributed by atoms with van der Waals surface area (Å²) in [6.45, 7) is 27.1. The van der Waals surface area contributed by atoms with Gasteiger partial charge in [0.05, 0.1) is 12.4 Å². The maximum Gasteiger partial charge on any atom is 0.250 e. The molecule has 0 heterocycles. The van der Waals surface area contributed by atoms with E-state index in [1.807, 2.05) is 12.2 Å². The first-order valence-corrected chi connectivity index (χ1v) is 13.6. The van der Waals surface area contributed by atoms with Gasteiger partial charge >= 0.3 is 0 Å². The number of rotatable bonds is 6. The van der Waals surface area contributed by atoms with Crippen molar-refractivity contribution in [3.05, 3.63) is 24.5 Å². The predicted molar refractivity (Wildman–Crippen MR) is 99.7 cm³/mol. The van der Waals surface area contributed by atoms with Gasteiger partial charge in [-0.1, -0.05) is 54.2 Å². The lowest BCUT2D eigenvalue weighted by Gasteiger charge is -2.36. The second kappa shape index (κ2) is 6.84. The van der Waals surface area contributed by atoms with Crippen LogP contribution in [0.5, 0.6) is 0 Å². The highest BCUT2D eigenvalue weighted by Crippen LogP contribution is 2.38. The molecule has 0 bridgehead atoms. The van der Waals surface area contributed by atoms with Gasteiger partial charge in [-0.2, -0.15) is 0 Å². The van der Waals surface area contributed by atoms with Crippen molar-refractivity contribution in [1.29, 1.82) is 0 Å². The third-order valence-corrected chi connectivity index (χ3v) is 13.7. The summed E-state index contributed by atoms with van der Waals surface area (Å²) in [5, 5.41) is 0.441. The Bertz CT molecular complexity index is 383. The molecule has 124 valence electrons. The number of allylic oxidation sites excluding steroid dienone is 1. The van der Waals surface area contributed by atoms with Crippen molar-refractivity contribution < 1.29 is 8.85 Å². The van der Waals surface area contributed by atoms with Gasteiger partial charge in [-0.05, 0) is 42.3 Å². The molecule has 0 amide bonds. The van der Waals surface area contributed by atoms with Crippen molar-refractivity contribution in [1.82, 2.24) is 0 Å². The lowest BCUT2D eigenvalue weighted by Crippen LogP contribution is -2.40. The maximum absolute atomic E-state index is 6.12. The summed E-state index contributed by atoms with van der Waals surface area (Å²) in [7, 11) is -3.44. The molecule has 0 aliphatic heterocycles. The van der Waals surface area contributed by atoms with Crippen LogP contribution in [0.1, 0.15) is 41.5 Å². The Balaban J connectivity index is 4.44. The van der Waals surface area contributed by atoms with Crippen molar-refractivity contribution in [3.63, 3.8) is 0 Å². The normalized spacial score (nSPS) is 14.6. The average Bonchev–Trinajstić information content (AvgIpc) is 2.20. The van der Waals surface area contributed by atoms with Crippen LogP contribution in [0.2, 0.25) is 36.3 Å². The summed E-state index contributed by atoms with van der Waals surface area (Å²) >= 11 is 0. The number of hydrogen-bond donors (Lipinski definition) is 0. The molecule has 2 nitrogen and oxygen atoms in total. The molecule has 0 aromatic heterocycles. The fourth-order valence-electron chi connectivity index (χ4n) is 1.17. The second-order valence-electron chi connectivity index (χ2n) is 8.80. The first-order chi connectivity index (χ1) is 9.10. The maximum atomic E-state index is 6.12. The van der Waals surface area contributed by atoms with Crippen LogP contribution in [-0.2, 0) is 8.85 Å². The smallest absolute Gasteiger partial charge is 0.250 e. The molecule has 0 saturated heterocycles. The molecule has 0 spiro atoms. The Morgan fingerprint density at radius 3 is 1.71 bits per heavy atom. The molecule has 0 N–H and O–H groups in total. The lowest BCUT2D eigenvalue weighted by atomic mass is 10.2.